The fraction of sp³-hybridized carbons (Fsp3) is 0.688. The van der Waals surface area contributed by atoms with Crippen molar-refractivity contribution in [2.24, 2.45) is 5.92 Å². The normalized spacial score (nSPS) is 18.2. The van der Waals surface area contributed by atoms with Gasteiger partial charge in [-0.15, -0.1) is 0 Å². The van der Waals surface area contributed by atoms with Gasteiger partial charge in [-0.05, 0) is 13.0 Å². The van der Waals surface area contributed by atoms with Crippen LogP contribution >= 0.6 is 0 Å². The second kappa shape index (κ2) is 8.79. The first-order valence-corrected chi connectivity index (χ1v) is 8.15. The van der Waals surface area contributed by atoms with Crippen LogP contribution in [0.15, 0.2) is 12.4 Å². The minimum absolute atomic E-state index is 0.00179. The largest absolute Gasteiger partial charge is 0.480 e. The molecular formula is C16H26N4O4. The Hall–Kier alpha value is -1.93. The molecule has 0 bridgehead atoms. The van der Waals surface area contributed by atoms with Gasteiger partial charge in [-0.3, -0.25) is 14.7 Å². The number of ether oxygens (including phenoxy) is 2. The van der Waals surface area contributed by atoms with E-state index in [2.05, 4.69) is 28.7 Å². The van der Waals surface area contributed by atoms with Crippen LogP contribution in [0.5, 0.6) is 5.88 Å². The Kier molecular flexibility index (Phi) is 6.74. The fourth-order valence-corrected chi connectivity index (χ4v) is 2.49. The van der Waals surface area contributed by atoms with Gasteiger partial charge >= 0.3 is 5.97 Å². The maximum absolute atomic E-state index is 10.8. The highest BCUT2D eigenvalue weighted by molar-refractivity contribution is 5.69. The highest BCUT2D eigenvalue weighted by Gasteiger charge is 2.23. The molecule has 134 valence electrons. The SMILES string of the molecule is CC(C)COc1cncc(N2CCOC(CN(C)CC(=O)O)C2)n1. The summed E-state index contributed by atoms with van der Waals surface area (Å²) in [6.45, 7) is 7.26. The first-order chi connectivity index (χ1) is 11.4. The third-order valence-electron chi connectivity index (χ3n) is 3.55. The van der Waals surface area contributed by atoms with Crippen molar-refractivity contribution in [1.29, 1.82) is 0 Å². The standard InChI is InChI=1S/C16H26N4O4/c1-12(2)11-24-15-7-17-6-14(18-15)20-4-5-23-13(9-20)8-19(3)10-16(21)22/h6-7,12-13H,4-5,8-11H2,1-3H3,(H,21,22). The van der Waals surface area contributed by atoms with E-state index in [0.717, 1.165) is 12.4 Å². The van der Waals surface area contributed by atoms with Crippen molar-refractivity contribution in [3.05, 3.63) is 12.4 Å². The first kappa shape index (κ1) is 18.4. The average Bonchev–Trinajstić information content (AvgIpc) is 2.52. The Morgan fingerprint density at radius 2 is 2.33 bits per heavy atom. The average molecular weight is 338 g/mol. The zero-order chi connectivity index (χ0) is 17.5. The Labute approximate surface area is 142 Å². The van der Waals surface area contributed by atoms with Gasteiger partial charge in [0.05, 0.1) is 38.3 Å². The molecule has 24 heavy (non-hydrogen) atoms. The van der Waals surface area contributed by atoms with Crippen LogP contribution in [0.4, 0.5) is 5.82 Å². The summed E-state index contributed by atoms with van der Waals surface area (Å²) in [5.74, 6) is 0.858. The summed E-state index contributed by atoms with van der Waals surface area (Å²) in [5.41, 5.74) is 0. The minimum atomic E-state index is -0.842. The van der Waals surface area contributed by atoms with Crippen LogP contribution < -0.4 is 9.64 Å². The quantitative estimate of drug-likeness (QED) is 0.742. The van der Waals surface area contributed by atoms with E-state index in [1.807, 2.05) is 0 Å². The van der Waals surface area contributed by atoms with Crippen molar-refractivity contribution in [1.82, 2.24) is 14.9 Å². The van der Waals surface area contributed by atoms with E-state index in [1.165, 1.54) is 0 Å². The number of hydrogen-bond acceptors (Lipinski definition) is 7. The number of carboxylic acids is 1. The third kappa shape index (κ3) is 5.93. The lowest BCUT2D eigenvalue weighted by Gasteiger charge is -2.35. The monoisotopic (exact) mass is 338 g/mol. The first-order valence-electron chi connectivity index (χ1n) is 8.15. The summed E-state index contributed by atoms with van der Waals surface area (Å²) in [5, 5.41) is 8.84. The molecule has 0 aliphatic carbocycles. The van der Waals surface area contributed by atoms with Crippen molar-refractivity contribution >= 4 is 11.8 Å². The lowest BCUT2D eigenvalue weighted by Crippen LogP contribution is -2.48. The number of anilines is 1. The highest BCUT2D eigenvalue weighted by atomic mass is 16.5. The maximum Gasteiger partial charge on any atom is 0.317 e. The van der Waals surface area contributed by atoms with Crippen LogP contribution in [-0.2, 0) is 9.53 Å². The van der Waals surface area contributed by atoms with Gasteiger partial charge in [0.2, 0.25) is 5.88 Å². The van der Waals surface area contributed by atoms with Crippen LogP contribution in [-0.4, -0.2) is 78.5 Å². The number of likely N-dealkylation sites (N-methyl/N-ethyl adjacent to an activating group) is 1. The van der Waals surface area contributed by atoms with Crippen molar-refractivity contribution in [3.63, 3.8) is 0 Å². The van der Waals surface area contributed by atoms with Gasteiger partial charge in [-0.2, -0.15) is 4.98 Å². The van der Waals surface area contributed by atoms with E-state index in [-0.39, 0.29) is 12.6 Å². The molecule has 0 spiro atoms. The molecule has 8 heteroatoms. The second-order valence-electron chi connectivity index (χ2n) is 6.45. The van der Waals surface area contributed by atoms with Crippen molar-refractivity contribution in [2.45, 2.75) is 20.0 Å². The zero-order valence-electron chi connectivity index (χ0n) is 14.5. The van der Waals surface area contributed by atoms with E-state index >= 15 is 0 Å². The molecule has 1 saturated heterocycles. The summed E-state index contributed by atoms with van der Waals surface area (Å²) in [7, 11) is 1.77. The van der Waals surface area contributed by atoms with Crippen LogP contribution in [0.1, 0.15) is 13.8 Å². The van der Waals surface area contributed by atoms with Gasteiger partial charge in [-0.25, -0.2) is 0 Å². The predicted molar refractivity (Wildman–Crippen MR) is 89.5 cm³/mol. The third-order valence-corrected chi connectivity index (χ3v) is 3.55. The molecule has 2 heterocycles. The number of rotatable bonds is 8. The number of nitrogens with zero attached hydrogens (tertiary/aromatic N) is 4. The Morgan fingerprint density at radius 1 is 1.54 bits per heavy atom. The van der Waals surface area contributed by atoms with Crippen molar-refractivity contribution in [3.8, 4) is 5.88 Å². The Bertz CT molecular complexity index is 541. The summed E-state index contributed by atoms with van der Waals surface area (Å²) in [4.78, 5) is 23.3. The second-order valence-corrected chi connectivity index (χ2v) is 6.45. The molecule has 0 aromatic carbocycles. The molecule has 1 aliphatic heterocycles. The van der Waals surface area contributed by atoms with Gasteiger partial charge < -0.3 is 19.5 Å². The number of carboxylic acid groups (broad SMARTS) is 1. The van der Waals surface area contributed by atoms with Gasteiger partial charge in [-0.1, -0.05) is 13.8 Å². The van der Waals surface area contributed by atoms with Crippen LogP contribution in [0.3, 0.4) is 0 Å². The number of hydrogen-bond donors (Lipinski definition) is 1. The molecule has 8 nitrogen and oxygen atoms in total. The predicted octanol–water partition coefficient (Wildman–Crippen LogP) is 0.733. The molecule has 1 aliphatic rings. The molecule has 0 saturated carbocycles. The molecule has 0 radical (unpaired) electrons. The lowest BCUT2D eigenvalue weighted by molar-refractivity contribution is -0.138. The van der Waals surface area contributed by atoms with Crippen LogP contribution in [0.2, 0.25) is 0 Å². The summed E-state index contributed by atoms with van der Waals surface area (Å²) in [6.07, 6.45) is 3.26. The molecular weight excluding hydrogens is 312 g/mol. The zero-order valence-corrected chi connectivity index (χ0v) is 14.5. The number of morpholine rings is 1. The maximum atomic E-state index is 10.8. The molecule has 1 aromatic rings. The smallest absolute Gasteiger partial charge is 0.317 e. The summed E-state index contributed by atoms with van der Waals surface area (Å²) < 4.78 is 11.4. The van der Waals surface area contributed by atoms with Crippen molar-refractivity contribution in [2.75, 3.05) is 51.3 Å². The number of carbonyl (C=O) groups is 1. The van der Waals surface area contributed by atoms with E-state index in [9.17, 15) is 4.79 Å². The number of aliphatic carboxylic acids is 1. The molecule has 1 atom stereocenters. The summed E-state index contributed by atoms with van der Waals surface area (Å²) in [6, 6.07) is 0. The molecule has 1 fully saturated rings. The molecule has 1 aromatic heterocycles. The van der Waals surface area contributed by atoms with Gasteiger partial charge in [0.15, 0.2) is 5.82 Å². The van der Waals surface area contributed by atoms with E-state index in [1.54, 1.807) is 24.3 Å². The number of aromatic nitrogens is 2. The molecule has 1 unspecified atom stereocenters. The van der Waals surface area contributed by atoms with Gasteiger partial charge in [0, 0.05) is 19.6 Å². The fourth-order valence-electron chi connectivity index (χ4n) is 2.49. The Morgan fingerprint density at radius 3 is 3.04 bits per heavy atom. The molecule has 2 rings (SSSR count). The topological polar surface area (TPSA) is 88.0 Å². The van der Waals surface area contributed by atoms with Gasteiger partial charge in [0.25, 0.3) is 0 Å². The van der Waals surface area contributed by atoms with Gasteiger partial charge in [0.1, 0.15) is 0 Å². The van der Waals surface area contributed by atoms with E-state index < -0.39 is 5.97 Å². The molecule has 0 amide bonds. The lowest BCUT2D eigenvalue weighted by atomic mass is 10.2. The Balaban J connectivity index is 1.93. The van der Waals surface area contributed by atoms with Crippen LogP contribution in [0.25, 0.3) is 0 Å². The molecule has 1 N–H and O–H groups in total. The highest BCUT2D eigenvalue weighted by Crippen LogP contribution is 2.18. The minimum Gasteiger partial charge on any atom is -0.480 e. The van der Waals surface area contributed by atoms with Crippen LogP contribution in [0, 0.1) is 5.92 Å². The van der Waals surface area contributed by atoms with E-state index in [0.29, 0.717) is 38.1 Å². The van der Waals surface area contributed by atoms with Crippen molar-refractivity contribution < 1.29 is 19.4 Å². The summed E-state index contributed by atoms with van der Waals surface area (Å²) >= 11 is 0. The van der Waals surface area contributed by atoms with E-state index in [4.69, 9.17) is 14.6 Å².